The second kappa shape index (κ2) is 4.64. The zero-order chi connectivity index (χ0) is 10.4. The molecule has 0 saturated carbocycles. The van der Waals surface area contributed by atoms with E-state index in [1.54, 1.807) is 30.3 Å². The van der Waals surface area contributed by atoms with E-state index in [0.29, 0.717) is 5.75 Å². The zero-order valence-corrected chi connectivity index (χ0v) is 7.18. The highest BCUT2D eigenvalue weighted by molar-refractivity contribution is 5.80. The molecule has 0 unspecified atom stereocenters. The minimum atomic E-state index is -1.37. The Morgan fingerprint density at radius 2 is 1.79 bits per heavy atom. The third-order valence-electron chi connectivity index (χ3n) is 1.46. The minimum Gasteiger partial charge on any atom is -0.425 e. The lowest BCUT2D eigenvalue weighted by atomic mass is 10.2. The molecule has 0 radical (unpaired) electrons. The van der Waals surface area contributed by atoms with E-state index in [-0.39, 0.29) is 0 Å². The molecule has 1 aromatic rings. The van der Waals surface area contributed by atoms with Crippen molar-refractivity contribution in [1.82, 2.24) is 0 Å². The van der Waals surface area contributed by atoms with Gasteiger partial charge in [-0.25, -0.2) is 4.79 Å². The van der Waals surface area contributed by atoms with Crippen molar-refractivity contribution in [3.63, 3.8) is 0 Å². The van der Waals surface area contributed by atoms with Crippen molar-refractivity contribution in [2.75, 3.05) is 0 Å². The summed E-state index contributed by atoms with van der Waals surface area (Å²) in [6.45, 7) is 0. The molecular weight excluding hydrogens is 180 g/mol. The Hall–Kier alpha value is -2.33. The Morgan fingerprint density at radius 3 is 2.29 bits per heavy atom. The van der Waals surface area contributed by atoms with Crippen LogP contribution in [-0.2, 0) is 4.79 Å². The Bertz CT molecular complexity index is 386. The molecule has 0 aliphatic rings. The second-order valence-corrected chi connectivity index (χ2v) is 2.43. The quantitative estimate of drug-likeness (QED) is 0.514. The molecule has 0 aliphatic carbocycles. The number of hydrogen-bond acceptors (Lipinski definition) is 4. The van der Waals surface area contributed by atoms with Gasteiger partial charge in [0.15, 0.2) is 0 Å². The maximum absolute atomic E-state index is 11.1. The highest BCUT2D eigenvalue weighted by atomic mass is 16.5. The van der Waals surface area contributed by atoms with Crippen LogP contribution in [0.15, 0.2) is 30.3 Å². The van der Waals surface area contributed by atoms with Crippen molar-refractivity contribution < 1.29 is 9.53 Å². The smallest absolute Gasteiger partial charge is 0.343 e. The maximum atomic E-state index is 11.1. The number of hydrogen-bond donors (Lipinski definition) is 0. The molecule has 0 N–H and O–H groups in total. The molecule has 68 valence electrons. The lowest BCUT2D eigenvalue weighted by Gasteiger charge is -2.02. The molecule has 0 fully saturated rings. The van der Waals surface area contributed by atoms with Gasteiger partial charge >= 0.3 is 5.97 Å². The Labute approximate surface area is 81.0 Å². The van der Waals surface area contributed by atoms with Crippen LogP contribution in [0.3, 0.4) is 0 Å². The van der Waals surface area contributed by atoms with E-state index >= 15 is 0 Å². The zero-order valence-electron chi connectivity index (χ0n) is 7.18. The van der Waals surface area contributed by atoms with Gasteiger partial charge in [-0.2, -0.15) is 10.5 Å². The molecule has 4 heteroatoms. The number of ether oxygens (including phenoxy) is 1. The fourth-order valence-electron chi connectivity index (χ4n) is 0.798. The first-order valence-corrected chi connectivity index (χ1v) is 3.84. The highest BCUT2D eigenvalue weighted by Crippen LogP contribution is 2.10. The number of para-hydroxylation sites is 1. The SMILES string of the molecule is N#CC(C#N)C(=O)Oc1ccccc1. The molecule has 1 aromatic carbocycles. The molecule has 0 aromatic heterocycles. The fourth-order valence-corrected chi connectivity index (χ4v) is 0.798. The predicted molar refractivity (Wildman–Crippen MR) is 46.8 cm³/mol. The van der Waals surface area contributed by atoms with Crippen molar-refractivity contribution in [3.8, 4) is 17.9 Å². The number of carbonyl (C=O) groups is 1. The third-order valence-corrected chi connectivity index (χ3v) is 1.46. The lowest BCUT2D eigenvalue weighted by Crippen LogP contribution is -2.17. The maximum Gasteiger partial charge on any atom is 0.343 e. The van der Waals surface area contributed by atoms with E-state index in [0.717, 1.165) is 0 Å². The van der Waals surface area contributed by atoms with Gasteiger partial charge in [-0.3, -0.25) is 0 Å². The van der Waals surface area contributed by atoms with Crippen LogP contribution in [0, 0.1) is 28.6 Å². The molecule has 0 saturated heterocycles. The van der Waals surface area contributed by atoms with E-state index in [1.807, 2.05) is 0 Å². The van der Waals surface area contributed by atoms with Gasteiger partial charge in [-0.1, -0.05) is 18.2 Å². The summed E-state index contributed by atoms with van der Waals surface area (Å²) < 4.78 is 4.77. The van der Waals surface area contributed by atoms with E-state index in [1.165, 1.54) is 12.1 Å². The summed E-state index contributed by atoms with van der Waals surface area (Å²) in [4.78, 5) is 11.1. The highest BCUT2D eigenvalue weighted by Gasteiger charge is 2.18. The summed E-state index contributed by atoms with van der Waals surface area (Å²) in [7, 11) is 0. The van der Waals surface area contributed by atoms with Crippen LogP contribution in [0.2, 0.25) is 0 Å². The molecule has 0 bridgehead atoms. The van der Waals surface area contributed by atoms with Crippen molar-refractivity contribution in [2.24, 2.45) is 5.92 Å². The number of nitriles is 2. The van der Waals surface area contributed by atoms with Crippen LogP contribution in [-0.4, -0.2) is 5.97 Å². The van der Waals surface area contributed by atoms with Gasteiger partial charge in [0.2, 0.25) is 5.92 Å². The third kappa shape index (κ3) is 2.33. The van der Waals surface area contributed by atoms with Crippen LogP contribution in [0.1, 0.15) is 0 Å². The Morgan fingerprint density at radius 1 is 1.21 bits per heavy atom. The first-order valence-electron chi connectivity index (χ1n) is 3.84. The number of rotatable bonds is 2. The molecule has 0 amide bonds. The Kier molecular flexibility index (Phi) is 3.23. The van der Waals surface area contributed by atoms with Gasteiger partial charge < -0.3 is 4.74 Å². The van der Waals surface area contributed by atoms with Gasteiger partial charge in [-0.05, 0) is 12.1 Å². The topological polar surface area (TPSA) is 73.9 Å². The van der Waals surface area contributed by atoms with Gasteiger partial charge in [-0.15, -0.1) is 0 Å². The van der Waals surface area contributed by atoms with E-state index in [9.17, 15) is 4.79 Å². The van der Waals surface area contributed by atoms with Gasteiger partial charge in [0.25, 0.3) is 0 Å². The van der Waals surface area contributed by atoms with Crippen molar-refractivity contribution in [2.45, 2.75) is 0 Å². The van der Waals surface area contributed by atoms with Crippen LogP contribution >= 0.6 is 0 Å². The van der Waals surface area contributed by atoms with Gasteiger partial charge in [0, 0.05) is 0 Å². The van der Waals surface area contributed by atoms with Crippen LogP contribution in [0.5, 0.6) is 5.75 Å². The van der Waals surface area contributed by atoms with Gasteiger partial charge in [0.05, 0.1) is 12.1 Å². The predicted octanol–water partition coefficient (Wildman–Crippen LogP) is 1.26. The largest absolute Gasteiger partial charge is 0.425 e. The normalized spacial score (nSPS) is 8.79. The molecule has 0 heterocycles. The second-order valence-electron chi connectivity index (χ2n) is 2.43. The summed E-state index contributed by atoms with van der Waals surface area (Å²) >= 11 is 0. The molecular formula is C10H6N2O2. The first kappa shape index (κ1) is 9.76. The number of carbonyl (C=O) groups excluding carboxylic acids is 1. The van der Waals surface area contributed by atoms with E-state index < -0.39 is 11.9 Å². The molecule has 4 nitrogen and oxygen atoms in total. The summed E-state index contributed by atoms with van der Waals surface area (Å²) in [6.07, 6.45) is 0. The number of esters is 1. The summed E-state index contributed by atoms with van der Waals surface area (Å²) in [5.74, 6) is -1.88. The van der Waals surface area contributed by atoms with Gasteiger partial charge in [0.1, 0.15) is 5.75 Å². The van der Waals surface area contributed by atoms with E-state index in [4.69, 9.17) is 15.3 Å². The van der Waals surface area contributed by atoms with Crippen molar-refractivity contribution in [1.29, 1.82) is 10.5 Å². The fraction of sp³-hybridized carbons (Fsp3) is 0.100. The average molecular weight is 186 g/mol. The molecule has 0 aliphatic heterocycles. The average Bonchev–Trinajstić information content (AvgIpc) is 2.21. The van der Waals surface area contributed by atoms with Crippen LogP contribution < -0.4 is 4.74 Å². The standard InChI is InChI=1S/C10H6N2O2/c11-6-8(7-12)10(13)14-9-4-2-1-3-5-9/h1-5,8H. The molecule has 0 atom stereocenters. The van der Waals surface area contributed by atoms with E-state index in [2.05, 4.69) is 0 Å². The molecule has 14 heavy (non-hydrogen) atoms. The lowest BCUT2D eigenvalue weighted by molar-refractivity contribution is -0.135. The van der Waals surface area contributed by atoms with Crippen LogP contribution in [0.4, 0.5) is 0 Å². The monoisotopic (exact) mass is 186 g/mol. The first-order chi connectivity index (χ1) is 6.77. The number of nitrogens with zero attached hydrogens (tertiary/aromatic N) is 2. The molecule has 0 spiro atoms. The van der Waals surface area contributed by atoms with Crippen molar-refractivity contribution in [3.05, 3.63) is 30.3 Å². The summed E-state index contributed by atoms with van der Waals surface area (Å²) in [6, 6.07) is 11.4. The van der Waals surface area contributed by atoms with Crippen molar-refractivity contribution >= 4 is 5.97 Å². The minimum absolute atomic E-state index is 0.327. The summed E-state index contributed by atoms with van der Waals surface area (Å²) in [5.41, 5.74) is 0. The number of benzene rings is 1. The Balaban J connectivity index is 2.68. The molecule has 1 rings (SSSR count). The summed E-state index contributed by atoms with van der Waals surface area (Å²) in [5, 5.41) is 16.8. The van der Waals surface area contributed by atoms with Crippen LogP contribution in [0.25, 0.3) is 0 Å².